The minimum Gasteiger partial charge on any atom is -0.492 e. The van der Waals surface area contributed by atoms with Crippen LogP contribution in [0.2, 0.25) is 0 Å². The van der Waals surface area contributed by atoms with Gasteiger partial charge >= 0.3 is 0 Å². The summed E-state index contributed by atoms with van der Waals surface area (Å²) < 4.78 is 17.0. The molecule has 0 saturated carbocycles. The topological polar surface area (TPSA) is 127 Å². The zero-order valence-corrected chi connectivity index (χ0v) is 69.7. The second-order valence-electron chi connectivity index (χ2n) is 29.2. The monoisotopic (exact) mass is 1510 g/mol. The average molecular weight is 1510 g/mol. The zero-order chi connectivity index (χ0) is 85.6. The van der Waals surface area contributed by atoms with Gasteiger partial charge in [-0.3, -0.25) is 14.4 Å². The van der Waals surface area contributed by atoms with E-state index in [0.717, 1.165) is 42.7 Å². The molecule has 10 heteroatoms. The molecule has 0 unspecified atom stereocenters. The highest BCUT2D eigenvalue weighted by Crippen LogP contribution is 2.28. The molecule has 0 heterocycles. The summed E-state index contributed by atoms with van der Waals surface area (Å²) in [5.74, 6) is 119. The van der Waals surface area contributed by atoms with Crippen LogP contribution in [0.25, 0.3) is 0 Å². The minimum absolute atomic E-state index is 0.0490. The third-order valence-electron chi connectivity index (χ3n) is 14.0. The van der Waals surface area contributed by atoms with Crippen LogP contribution in [0.5, 0.6) is 11.5 Å². The summed E-state index contributed by atoms with van der Waals surface area (Å²) in [6.07, 6.45) is 9.72. The van der Waals surface area contributed by atoms with Gasteiger partial charge in [0.15, 0.2) is 5.78 Å². The summed E-state index contributed by atoms with van der Waals surface area (Å²) in [6.45, 7) is 39.7. The van der Waals surface area contributed by atoms with E-state index in [9.17, 15) is 14.4 Å². The number of rotatable bonds is 22. The maximum Gasteiger partial charge on any atom is 0.251 e. The van der Waals surface area contributed by atoms with E-state index in [1.54, 1.807) is 31.2 Å². The Morgan fingerprint density at radius 2 is 0.652 bits per heavy atom. The van der Waals surface area contributed by atoms with Gasteiger partial charge in [0.1, 0.15) is 24.7 Å². The Labute approximate surface area is 690 Å². The van der Waals surface area contributed by atoms with Crippen molar-refractivity contribution >= 4 is 17.6 Å². The highest BCUT2D eigenvalue weighted by molar-refractivity contribution is 5.96. The summed E-state index contributed by atoms with van der Waals surface area (Å²) >= 11 is 0. The maximum absolute atomic E-state index is 12.2. The van der Waals surface area contributed by atoms with Crippen LogP contribution < -0.4 is 30.7 Å². The number of hydrogen-bond acceptors (Lipinski definition) is 8. The zero-order valence-electron chi connectivity index (χ0n) is 69.7. The average Bonchev–Trinajstić information content (AvgIpc) is 0.840. The highest BCUT2D eigenvalue weighted by atomic mass is 16.5. The molecular weight excluding hydrogens is 1410 g/mol. The Balaban J connectivity index is 0.00000164. The van der Waals surface area contributed by atoms with E-state index in [0.29, 0.717) is 57.1 Å². The first-order chi connectivity index (χ1) is 54.8. The first-order valence-corrected chi connectivity index (χ1v) is 36.3. The molecule has 3 rings (SSSR count). The Bertz CT molecular complexity index is 5490. The highest BCUT2D eigenvalue weighted by Gasteiger charge is 2.20. The van der Waals surface area contributed by atoms with Gasteiger partial charge in [-0.05, 0) is 238 Å². The van der Waals surface area contributed by atoms with Crippen LogP contribution in [0.1, 0.15) is 180 Å². The van der Waals surface area contributed by atoms with Crippen LogP contribution in [0.15, 0.2) is 72.8 Å². The van der Waals surface area contributed by atoms with Crippen molar-refractivity contribution < 1.29 is 28.6 Å². The number of Topliss-reactive ketones (excluding diaryl/α,β-unsaturated/α-hetero) is 1. The van der Waals surface area contributed by atoms with Crippen molar-refractivity contribution in [2.24, 2.45) is 21.7 Å². The molecule has 0 atom stereocenters. The number of carbonyl (C=O) groups is 3. The van der Waals surface area contributed by atoms with Gasteiger partial charge in [0, 0.05) is 231 Å². The van der Waals surface area contributed by atoms with Crippen molar-refractivity contribution in [3.63, 3.8) is 0 Å². The summed E-state index contributed by atoms with van der Waals surface area (Å²) in [5, 5.41) is 12.2. The van der Waals surface area contributed by atoms with Crippen LogP contribution >= 0.6 is 0 Å². The fraction of sp³-hybridized carbons (Fsp3) is 0.343. The van der Waals surface area contributed by atoms with Crippen molar-refractivity contribution in [1.82, 2.24) is 21.3 Å². The smallest absolute Gasteiger partial charge is 0.251 e. The largest absolute Gasteiger partial charge is 0.492 e. The van der Waals surface area contributed by atoms with Crippen molar-refractivity contribution in [2.75, 3.05) is 53.6 Å². The summed E-state index contributed by atoms with van der Waals surface area (Å²) in [5.41, 5.74) is 4.17. The second kappa shape index (κ2) is 61.0. The summed E-state index contributed by atoms with van der Waals surface area (Å²) in [7, 11) is 3.82. The van der Waals surface area contributed by atoms with E-state index >= 15 is 0 Å². The predicted molar refractivity (Wildman–Crippen MR) is 470 cm³/mol. The molecule has 115 heavy (non-hydrogen) atoms. The molecule has 0 aliphatic rings. The number of ether oxygens (including phenoxy) is 3. The Morgan fingerprint density at radius 3 is 0.922 bits per heavy atom. The number of hydrogen-bond donors (Lipinski definition) is 4. The SMILES string of the molecule is C#CC#CC#CC#CC#CC#CC#CC#CC#CC#CC#CC#CC#CC#CC#CC#CC#CC#CC#CC#CC#CC#CC#CC#CC.CCC(C)(C)CCC(=O)c1ccc(CC(C)(C)C)cc1.CNC(C)(C)COc1ccc(C(=O)NCC(C)(C)C)cc1.CNC(C)(C)COc1ccc(C(=O)NCCOCCC(C)(C)C)cc1. The quantitative estimate of drug-likeness (QED) is 0.0445. The van der Waals surface area contributed by atoms with Crippen molar-refractivity contribution in [2.45, 2.75) is 161 Å². The van der Waals surface area contributed by atoms with Crippen LogP contribution in [0.4, 0.5) is 0 Å². The number of benzene rings is 3. The molecule has 0 radical (unpaired) electrons. The Hall–Kier alpha value is -14.8. The van der Waals surface area contributed by atoms with E-state index < -0.39 is 0 Å². The lowest BCUT2D eigenvalue weighted by atomic mass is 9.83. The van der Waals surface area contributed by atoms with Crippen molar-refractivity contribution in [1.29, 1.82) is 0 Å². The number of likely N-dealkylation sites (N-methyl/N-ethyl adjacent to an activating group) is 2. The van der Waals surface area contributed by atoms with Gasteiger partial charge in [0.25, 0.3) is 11.8 Å². The number of amides is 2. The van der Waals surface area contributed by atoms with Crippen molar-refractivity contribution in [3.8, 4) is 296 Å². The fourth-order valence-corrected chi connectivity index (χ4v) is 6.98. The molecule has 0 bridgehead atoms. The molecule has 2 amide bonds. The number of nitrogens with one attached hydrogen (secondary N) is 4. The van der Waals surface area contributed by atoms with Crippen LogP contribution in [0.3, 0.4) is 0 Å². The van der Waals surface area contributed by atoms with Crippen LogP contribution in [-0.4, -0.2) is 82.3 Å². The number of terminal acetylenes is 1. The molecular formula is C105H96N4O6. The molecule has 0 aromatic heterocycles. The molecule has 4 N–H and O–H groups in total. The third kappa shape index (κ3) is 63.8. The molecule has 3 aromatic carbocycles. The molecule has 0 fully saturated rings. The lowest BCUT2D eigenvalue weighted by Gasteiger charge is -2.24. The summed E-state index contributed by atoms with van der Waals surface area (Å²) in [6, 6.07) is 22.6. The maximum atomic E-state index is 12.2. The van der Waals surface area contributed by atoms with Gasteiger partial charge in [-0.2, -0.15) is 0 Å². The molecule has 3 aromatic rings. The molecule has 10 nitrogen and oxygen atoms in total. The van der Waals surface area contributed by atoms with Gasteiger partial charge in [-0.25, -0.2) is 0 Å². The fourth-order valence-electron chi connectivity index (χ4n) is 6.98. The lowest BCUT2D eigenvalue weighted by molar-refractivity contribution is 0.0883. The molecule has 0 spiro atoms. The molecule has 0 aliphatic heterocycles. The Morgan fingerprint density at radius 1 is 0.357 bits per heavy atom. The van der Waals surface area contributed by atoms with Gasteiger partial charge in [-0.15, -0.1) is 6.42 Å². The predicted octanol–water partition coefficient (Wildman–Crippen LogP) is 12.5. The van der Waals surface area contributed by atoms with E-state index in [4.69, 9.17) is 20.6 Å². The van der Waals surface area contributed by atoms with E-state index in [1.807, 2.05) is 50.5 Å². The first kappa shape index (κ1) is 100. The van der Waals surface area contributed by atoms with Gasteiger partial charge in [0.05, 0.1) is 6.61 Å². The summed E-state index contributed by atoms with van der Waals surface area (Å²) in [4.78, 5) is 36.3. The van der Waals surface area contributed by atoms with E-state index in [1.165, 1.54) is 5.56 Å². The van der Waals surface area contributed by atoms with Gasteiger partial charge in [0.2, 0.25) is 0 Å². The molecule has 572 valence electrons. The van der Waals surface area contributed by atoms with Gasteiger partial charge < -0.3 is 35.5 Å². The number of carbonyl (C=O) groups excluding carboxylic acids is 3. The second-order valence-corrected chi connectivity index (χ2v) is 29.2. The van der Waals surface area contributed by atoms with E-state index in [2.05, 4.69) is 422 Å². The Kier molecular flexibility index (Phi) is 53.2. The third-order valence-corrected chi connectivity index (χ3v) is 14.0. The molecule has 0 saturated heterocycles. The van der Waals surface area contributed by atoms with Crippen LogP contribution in [0, 0.1) is 306 Å². The lowest BCUT2D eigenvalue weighted by Crippen LogP contribution is -2.42. The standard InChI is InChI=1S/C49H4.C20H34N2O3.C19H30O.C17H28N2O2/c1-3-5-7-9-11-13-15-17-19-21-23-25-27-29-31-33-35-37-39-41-43-45-47-49-48-46-44-42-40-38-36-34-32-30-28-26-24-22-20-18-16-14-12-10-8-6-4-2;1-19(2,3)11-13-24-14-12-22-18(23)16-7-9-17(10-8-16)25-15-20(4,5)21-6;1-7-19(5,6)13-12-17(20)16-10-8-15(9-11-16)14-18(2,3)4;1-16(2,3)11-19-15(20)13-7-9-14(10-8-13)21-12-17(4,5)18-6/h1H,2H3;7-10,21H,11-15H2,1-6H3,(H,22,23);8-11H,7,12-14H2,1-6H3;7-10,18H,11-12H2,1-6H3,(H,19,20). The van der Waals surface area contributed by atoms with Crippen molar-refractivity contribution in [3.05, 3.63) is 95.1 Å². The number of ketones is 1. The normalized spacial score (nSPS) is 8.68. The first-order valence-electron chi connectivity index (χ1n) is 36.3. The minimum atomic E-state index is -0.0958. The van der Waals surface area contributed by atoms with Gasteiger partial charge in [-0.1, -0.05) is 120 Å². The van der Waals surface area contributed by atoms with Crippen LogP contribution in [-0.2, 0) is 11.2 Å². The molecule has 0 aliphatic carbocycles. The van der Waals surface area contributed by atoms with E-state index in [-0.39, 0.29) is 50.3 Å².